The first-order chi connectivity index (χ1) is 6.36. The Hall–Kier alpha value is -1.57. The Morgan fingerprint density at radius 1 is 1.15 bits per heavy atom. The minimum Gasteiger partial charge on any atom is -0.239 e. The van der Waals surface area contributed by atoms with Crippen LogP contribution in [0.5, 0.6) is 0 Å². The first-order valence-electron chi connectivity index (χ1n) is 4.33. The molecule has 0 saturated heterocycles. The van der Waals surface area contributed by atoms with Crippen LogP contribution in [0.1, 0.15) is 11.1 Å². The molecular formula is C11H11N2. The third kappa shape index (κ3) is 1.78. The Labute approximate surface area is 78.0 Å². The Morgan fingerprint density at radius 2 is 2.00 bits per heavy atom. The second-order valence-corrected chi connectivity index (χ2v) is 3.08. The highest BCUT2D eigenvalue weighted by Crippen LogP contribution is 2.09. The second-order valence-electron chi connectivity index (χ2n) is 3.08. The smallest absolute Gasteiger partial charge is 0.132 e. The van der Waals surface area contributed by atoms with E-state index in [9.17, 15) is 0 Å². The lowest BCUT2D eigenvalue weighted by Crippen LogP contribution is -2.10. The highest BCUT2D eigenvalue weighted by molar-refractivity contribution is 5.87. The van der Waals surface area contributed by atoms with Gasteiger partial charge >= 0.3 is 0 Å². The van der Waals surface area contributed by atoms with Crippen LogP contribution in [-0.2, 0) is 6.42 Å². The Morgan fingerprint density at radius 3 is 2.69 bits per heavy atom. The summed E-state index contributed by atoms with van der Waals surface area (Å²) >= 11 is 0. The van der Waals surface area contributed by atoms with Crippen molar-refractivity contribution in [1.29, 1.82) is 0 Å². The first-order valence-corrected chi connectivity index (χ1v) is 4.33. The molecule has 0 unspecified atom stereocenters. The van der Waals surface area contributed by atoms with Gasteiger partial charge in [0.05, 0.1) is 0 Å². The number of aliphatic imine (C=N–C) groups is 1. The lowest BCUT2D eigenvalue weighted by atomic mass is 10.1. The first kappa shape index (κ1) is 8.05. The third-order valence-corrected chi connectivity index (χ3v) is 2.12. The van der Waals surface area contributed by atoms with Gasteiger partial charge in [-0.25, -0.2) is 10.3 Å². The van der Waals surface area contributed by atoms with Crippen LogP contribution >= 0.6 is 0 Å². The minimum atomic E-state index is 0.833. The fraction of sp³-hybridized carbons (Fsp3) is 0.182. The highest BCUT2D eigenvalue weighted by Gasteiger charge is 2.05. The van der Waals surface area contributed by atoms with Crippen molar-refractivity contribution < 1.29 is 0 Å². The van der Waals surface area contributed by atoms with Gasteiger partial charge in [-0.1, -0.05) is 24.3 Å². The summed E-state index contributed by atoms with van der Waals surface area (Å²) in [5.41, 5.74) is 2.60. The Balaban J connectivity index is 2.14. The number of aryl methyl sites for hydroxylation is 1. The quantitative estimate of drug-likeness (QED) is 0.651. The van der Waals surface area contributed by atoms with Gasteiger partial charge in [0.1, 0.15) is 5.84 Å². The summed E-state index contributed by atoms with van der Waals surface area (Å²) in [4.78, 5) is 4.14. The molecule has 1 aromatic rings. The zero-order valence-electron chi connectivity index (χ0n) is 7.57. The van der Waals surface area contributed by atoms with E-state index in [0.717, 1.165) is 12.3 Å². The molecule has 0 saturated carbocycles. The van der Waals surface area contributed by atoms with Gasteiger partial charge in [0, 0.05) is 18.8 Å². The molecule has 13 heavy (non-hydrogen) atoms. The fourth-order valence-electron chi connectivity index (χ4n) is 1.34. The number of benzene rings is 1. The zero-order valence-corrected chi connectivity index (χ0v) is 7.57. The summed E-state index contributed by atoms with van der Waals surface area (Å²) in [5.74, 6) is 0.898. The summed E-state index contributed by atoms with van der Waals surface area (Å²) in [7, 11) is 0. The van der Waals surface area contributed by atoms with Crippen LogP contribution < -0.4 is 5.32 Å². The van der Waals surface area contributed by atoms with E-state index in [2.05, 4.69) is 29.4 Å². The van der Waals surface area contributed by atoms with E-state index in [1.54, 1.807) is 12.4 Å². The van der Waals surface area contributed by atoms with Gasteiger partial charge in [-0.05, 0) is 18.1 Å². The van der Waals surface area contributed by atoms with Crippen molar-refractivity contribution in [2.24, 2.45) is 4.99 Å². The van der Waals surface area contributed by atoms with Gasteiger partial charge in [0.25, 0.3) is 0 Å². The van der Waals surface area contributed by atoms with Crippen LogP contribution in [0, 0.1) is 6.92 Å². The molecule has 1 heterocycles. The molecule has 0 bridgehead atoms. The van der Waals surface area contributed by atoms with Crippen molar-refractivity contribution in [3.8, 4) is 0 Å². The van der Waals surface area contributed by atoms with Crippen molar-refractivity contribution >= 4 is 5.84 Å². The van der Waals surface area contributed by atoms with E-state index >= 15 is 0 Å². The molecule has 0 fully saturated rings. The topological polar surface area (TPSA) is 26.5 Å². The third-order valence-electron chi connectivity index (χ3n) is 2.12. The van der Waals surface area contributed by atoms with Gasteiger partial charge in [-0.3, -0.25) is 0 Å². The van der Waals surface area contributed by atoms with E-state index in [0.29, 0.717) is 0 Å². The summed E-state index contributed by atoms with van der Waals surface area (Å²) in [6.45, 7) is 2.11. The normalized spacial score (nSPS) is 14.1. The standard InChI is InChI=1S/C11H11N2/c1-9-4-2-3-5-10(9)8-11-12-6-7-13-11/h2-7H,8H2,1H3. The second kappa shape index (κ2) is 3.44. The molecule has 1 radical (unpaired) electrons. The van der Waals surface area contributed by atoms with E-state index in [4.69, 9.17) is 0 Å². The van der Waals surface area contributed by atoms with Crippen LogP contribution in [0.2, 0.25) is 0 Å². The maximum atomic E-state index is 4.14. The average molecular weight is 171 g/mol. The number of hydrogen-bond acceptors (Lipinski definition) is 1. The molecule has 1 aliphatic heterocycles. The minimum absolute atomic E-state index is 0.833. The molecular weight excluding hydrogens is 160 g/mol. The molecule has 1 aliphatic rings. The van der Waals surface area contributed by atoms with E-state index < -0.39 is 0 Å². The SMILES string of the molecule is Cc1ccccc1CC1=NC=C[N]1. The number of amidine groups is 1. The van der Waals surface area contributed by atoms with Crippen molar-refractivity contribution in [2.45, 2.75) is 13.3 Å². The molecule has 2 nitrogen and oxygen atoms in total. The molecule has 0 aliphatic carbocycles. The van der Waals surface area contributed by atoms with Crippen LogP contribution in [0.25, 0.3) is 0 Å². The molecule has 2 rings (SSSR count). The zero-order chi connectivity index (χ0) is 9.10. The van der Waals surface area contributed by atoms with Crippen LogP contribution in [0.15, 0.2) is 41.7 Å². The van der Waals surface area contributed by atoms with Crippen LogP contribution in [0.4, 0.5) is 0 Å². The molecule has 0 spiro atoms. The van der Waals surface area contributed by atoms with E-state index in [-0.39, 0.29) is 0 Å². The lowest BCUT2D eigenvalue weighted by molar-refractivity contribution is 1.16. The number of nitrogens with zero attached hydrogens (tertiary/aromatic N) is 2. The van der Waals surface area contributed by atoms with Crippen molar-refractivity contribution in [1.82, 2.24) is 5.32 Å². The summed E-state index contributed by atoms with van der Waals surface area (Å²) in [6.07, 6.45) is 4.29. The maximum absolute atomic E-state index is 4.14. The predicted octanol–water partition coefficient (Wildman–Crippen LogP) is 2.03. The van der Waals surface area contributed by atoms with Crippen LogP contribution in [-0.4, -0.2) is 5.84 Å². The number of rotatable bonds is 2. The Kier molecular flexibility index (Phi) is 2.13. The summed E-state index contributed by atoms with van der Waals surface area (Å²) < 4.78 is 0. The maximum Gasteiger partial charge on any atom is 0.132 e. The van der Waals surface area contributed by atoms with Crippen molar-refractivity contribution in [3.63, 3.8) is 0 Å². The monoisotopic (exact) mass is 171 g/mol. The summed E-state index contributed by atoms with van der Waals surface area (Å²) in [6, 6.07) is 8.32. The largest absolute Gasteiger partial charge is 0.239 e. The van der Waals surface area contributed by atoms with E-state index in [1.807, 2.05) is 12.1 Å². The molecule has 0 amide bonds. The van der Waals surface area contributed by atoms with Crippen molar-refractivity contribution in [3.05, 3.63) is 47.8 Å². The molecule has 65 valence electrons. The van der Waals surface area contributed by atoms with Crippen LogP contribution in [0.3, 0.4) is 0 Å². The van der Waals surface area contributed by atoms with Gasteiger partial charge in [-0.2, -0.15) is 0 Å². The van der Waals surface area contributed by atoms with Gasteiger partial charge < -0.3 is 0 Å². The molecule has 0 aromatic heterocycles. The lowest BCUT2D eigenvalue weighted by Gasteiger charge is -2.03. The number of hydrogen-bond donors (Lipinski definition) is 0. The fourth-order valence-corrected chi connectivity index (χ4v) is 1.34. The average Bonchev–Trinajstić information content (AvgIpc) is 2.61. The molecule has 0 atom stereocenters. The molecule has 1 aromatic carbocycles. The van der Waals surface area contributed by atoms with Gasteiger partial charge in [0.2, 0.25) is 0 Å². The summed E-state index contributed by atoms with van der Waals surface area (Å²) in [5, 5.41) is 4.14. The van der Waals surface area contributed by atoms with Gasteiger partial charge in [-0.15, -0.1) is 0 Å². The Bertz CT molecular complexity index is 364. The molecule has 2 heteroatoms. The molecule has 0 N–H and O–H groups in total. The van der Waals surface area contributed by atoms with E-state index in [1.165, 1.54) is 11.1 Å². The van der Waals surface area contributed by atoms with Crippen molar-refractivity contribution in [2.75, 3.05) is 0 Å². The predicted molar refractivity (Wildman–Crippen MR) is 53.6 cm³/mol. The van der Waals surface area contributed by atoms with Gasteiger partial charge in [0.15, 0.2) is 0 Å². The highest BCUT2D eigenvalue weighted by atomic mass is 15.0.